The van der Waals surface area contributed by atoms with Crippen molar-refractivity contribution in [1.29, 1.82) is 0 Å². The van der Waals surface area contributed by atoms with Crippen LogP contribution >= 0.6 is 0 Å². The molecule has 0 saturated heterocycles. The van der Waals surface area contributed by atoms with Crippen molar-refractivity contribution in [2.24, 2.45) is 5.14 Å². The zero-order valence-corrected chi connectivity index (χ0v) is 16.9. The summed E-state index contributed by atoms with van der Waals surface area (Å²) in [5.41, 5.74) is 3.85. The van der Waals surface area contributed by atoms with Gasteiger partial charge in [0, 0.05) is 23.7 Å². The van der Waals surface area contributed by atoms with Gasteiger partial charge in [-0.2, -0.15) is 0 Å². The highest BCUT2D eigenvalue weighted by atomic mass is 32.2. The monoisotopic (exact) mass is 415 g/mol. The summed E-state index contributed by atoms with van der Waals surface area (Å²) in [6.45, 7) is 4.19. The SMILES string of the molecule is Cc1[nH]c2c(F)ccc(C)c2c1CCNC(=O)/C=C/c1cccc(S(N)(=O)=O)c1. The molecule has 3 rings (SSSR count). The number of amides is 1. The van der Waals surface area contributed by atoms with E-state index in [9.17, 15) is 17.6 Å². The number of benzene rings is 2. The van der Waals surface area contributed by atoms with E-state index in [4.69, 9.17) is 5.14 Å². The zero-order valence-electron chi connectivity index (χ0n) is 16.1. The van der Waals surface area contributed by atoms with Crippen LogP contribution < -0.4 is 10.5 Å². The topological polar surface area (TPSA) is 105 Å². The molecule has 0 aliphatic heterocycles. The number of hydrogen-bond acceptors (Lipinski definition) is 3. The van der Waals surface area contributed by atoms with Crippen molar-refractivity contribution in [2.75, 3.05) is 6.54 Å². The van der Waals surface area contributed by atoms with Gasteiger partial charge in [-0.15, -0.1) is 0 Å². The number of carbonyl (C=O) groups is 1. The Kier molecular flexibility index (Phi) is 5.86. The summed E-state index contributed by atoms with van der Waals surface area (Å²) >= 11 is 0. The molecular formula is C21H22FN3O3S. The average molecular weight is 415 g/mol. The molecule has 0 spiro atoms. The minimum Gasteiger partial charge on any atom is -0.356 e. The Hall–Kier alpha value is -2.97. The minimum atomic E-state index is -3.80. The first kappa shape index (κ1) is 20.8. The maximum absolute atomic E-state index is 14.0. The predicted octanol–water partition coefficient (Wildman–Crippen LogP) is 2.94. The number of rotatable bonds is 6. The highest BCUT2D eigenvalue weighted by molar-refractivity contribution is 7.89. The summed E-state index contributed by atoms with van der Waals surface area (Å²) in [7, 11) is -3.80. The summed E-state index contributed by atoms with van der Waals surface area (Å²) < 4.78 is 36.8. The lowest BCUT2D eigenvalue weighted by atomic mass is 10.0. The van der Waals surface area contributed by atoms with Crippen LogP contribution in [0, 0.1) is 19.7 Å². The summed E-state index contributed by atoms with van der Waals surface area (Å²) in [6.07, 6.45) is 3.40. The number of sulfonamides is 1. The van der Waals surface area contributed by atoms with Gasteiger partial charge in [0.1, 0.15) is 5.82 Å². The highest BCUT2D eigenvalue weighted by Crippen LogP contribution is 2.27. The second kappa shape index (κ2) is 8.18. The van der Waals surface area contributed by atoms with Gasteiger partial charge in [-0.25, -0.2) is 17.9 Å². The molecule has 1 amide bonds. The highest BCUT2D eigenvalue weighted by Gasteiger charge is 2.14. The van der Waals surface area contributed by atoms with Crippen molar-refractivity contribution < 1.29 is 17.6 Å². The number of H-pyrrole nitrogens is 1. The minimum absolute atomic E-state index is 0.0162. The number of primary sulfonamides is 1. The normalized spacial score (nSPS) is 12.0. The van der Waals surface area contributed by atoms with Crippen molar-refractivity contribution in [3.63, 3.8) is 0 Å². The van der Waals surface area contributed by atoms with Crippen molar-refractivity contribution in [2.45, 2.75) is 25.2 Å². The van der Waals surface area contributed by atoms with Crippen LogP contribution in [-0.4, -0.2) is 25.9 Å². The lowest BCUT2D eigenvalue weighted by Crippen LogP contribution is -2.23. The molecule has 152 valence electrons. The van der Waals surface area contributed by atoms with Crippen LogP contribution in [0.1, 0.15) is 22.4 Å². The number of aromatic amines is 1. The standard InChI is InChI=1S/C21H22FN3O3S/c1-13-6-8-18(22)21-20(13)17(14(2)25-21)10-11-24-19(26)9-7-15-4-3-5-16(12-15)29(23,27)28/h3-9,12,25H,10-11H2,1-2H3,(H,24,26)(H2,23,27,28)/b9-7+. The maximum Gasteiger partial charge on any atom is 0.244 e. The Balaban J connectivity index is 1.65. The van der Waals surface area contributed by atoms with Gasteiger partial charge in [0.2, 0.25) is 15.9 Å². The fourth-order valence-corrected chi connectivity index (χ4v) is 3.86. The Morgan fingerprint density at radius 2 is 2.00 bits per heavy atom. The molecule has 4 N–H and O–H groups in total. The second-order valence-electron chi connectivity index (χ2n) is 6.83. The van der Waals surface area contributed by atoms with Gasteiger partial charge in [-0.1, -0.05) is 18.2 Å². The summed E-state index contributed by atoms with van der Waals surface area (Å²) in [6, 6.07) is 9.19. The van der Waals surface area contributed by atoms with Crippen LogP contribution in [0.3, 0.4) is 0 Å². The molecule has 0 atom stereocenters. The van der Waals surface area contributed by atoms with Crippen molar-refractivity contribution in [3.05, 3.63) is 70.7 Å². The molecule has 6 nitrogen and oxygen atoms in total. The van der Waals surface area contributed by atoms with Crippen LogP contribution in [0.5, 0.6) is 0 Å². The third-order valence-corrected chi connectivity index (χ3v) is 5.63. The lowest BCUT2D eigenvalue weighted by Gasteiger charge is -2.05. The van der Waals surface area contributed by atoms with Crippen LogP contribution in [-0.2, 0) is 21.2 Å². The van der Waals surface area contributed by atoms with Gasteiger partial charge in [0.15, 0.2) is 0 Å². The van der Waals surface area contributed by atoms with Crippen LogP contribution in [0.2, 0.25) is 0 Å². The van der Waals surface area contributed by atoms with E-state index in [1.165, 1.54) is 30.4 Å². The van der Waals surface area contributed by atoms with Gasteiger partial charge in [-0.3, -0.25) is 4.79 Å². The fourth-order valence-electron chi connectivity index (χ4n) is 3.29. The van der Waals surface area contributed by atoms with E-state index in [-0.39, 0.29) is 16.6 Å². The fraction of sp³-hybridized carbons (Fsp3) is 0.190. The van der Waals surface area contributed by atoms with Crippen molar-refractivity contribution in [1.82, 2.24) is 10.3 Å². The number of aromatic nitrogens is 1. The van der Waals surface area contributed by atoms with Crippen LogP contribution in [0.15, 0.2) is 47.4 Å². The largest absolute Gasteiger partial charge is 0.356 e. The molecule has 29 heavy (non-hydrogen) atoms. The molecule has 1 aromatic heterocycles. The van der Waals surface area contributed by atoms with E-state index in [2.05, 4.69) is 10.3 Å². The zero-order chi connectivity index (χ0) is 21.2. The number of hydrogen-bond donors (Lipinski definition) is 3. The summed E-state index contributed by atoms with van der Waals surface area (Å²) in [5.74, 6) is -0.611. The molecule has 0 unspecified atom stereocenters. The van der Waals surface area contributed by atoms with Crippen LogP contribution in [0.25, 0.3) is 17.0 Å². The molecular weight excluding hydrogens is 393 g/mol. The molecule has 0 fully saturated rings. The molecule has 3 aromatic rings. The maximum atomic E-state index is 14.0. The van der Waals surface area contributed by atoms with E-state index >= 15 is 0 Å². The first-order valence-corrected chi connectivity index (χ1v) is 10.6. The second-order valence-corrected chi connectivity index (χ2v) is 8.40. The first-order chi connectivity index (χ1) is 13.7. The van der Waals surface area contributed by atoms with E-state index in [0.29, 0.717) is 24.0 Å². The Labute approximate surface area is 168 Å². The van der Waals surface area contributed by atoms with Crippen LogP contribution in [0.4, 0.5) is 4.39 Å². The Morgan fingerprint density at radius 3 is 2.72 bits per heavy atom. The smallest absolute Gasteiger partial charge is 0.244 e. The predicted molar refractivity (Wildman–Crippen MR) is 111 cm³/mol. The van der Waals surface area contributed by atoms with Gasteiger partial charge < -0.3 is 10.3 Å². The number of nitrogens with one attached hydrogen (secondary N) is 2. The van der Waals surface area contributed by atoms with E-state index in [1.54, 1.807) is 18.2 Å². The molecule has 0 aliphatic carbocycles. The third kappa shape index (κ3) is 4.72. The Morgan fingerprint density at radius 1 is 1.24 bits per heavy atom. The Bertz CT molecular complexity index is 1210. The molecule has 8 heteroatoms. The molecule has 1 heterocycles. The third-order valence-electron chi connectivity index (χ3n) is 4.72. The van der Waals surface area contributed by atoms with Gasteiger partial charge >= 0.3 is 0 Å². The number of aryl methyl sites for hydroxylation is 2. The van der Waals surface area contributed by atoms with Gasteiger partial charge in [0.25, 0.3) is 0 Å². The molecule has 0 radical (unpaired) electrons. The van der Waals surface area contributed by atoms with Crippen molar-refractivity contribution >= 4 is 32.9 Å². The quantitative estimate of drug-likeness (QED) is 0.539. The molecule has 0 aliphatic rings. The van der Waals surface area contributed by atoms with E-state index in [1.807, 2.05) is 13.8 Å². The first-order valence-electron chi connectivity index (χ1n) is 9.02. The molecule has 2 aromatic carbocycles. The molecule has 0 bridgehead atoms. The number of carbonyl (C=O) groups excluding carboxylic acids is 1. The van der Waals surface area contributed by atoms with Gasteiger partial charge in [-0.05, 0) is 61.2 Å². The molecule has 0 saturated carbocycles. The van der Waals surface area contributed by atoms with E-state index < -0.39 is 10.0 Å². The number of fused-ring (bicyclic) bond motifs is 1. The lowest BCUT2D eigenvalue weighted by molar-refractivity contribution is -0.116. The van der Waals surface area contributed by atoms with Gasteiger partial charge in [0.05, 0.1) is 10.4 Å². The van der Waals surface area contributed by atoms with Crippen molar-refractivity contribution in [3.8, 4) is 0 Å². The number of nitrogens with two attached hydrogens (primary N) is 1. The number of halogens is 1. The van der Waals surface area contributed by atoms with E-state index in [0.717, 1.165) is 22.2 Å². The summed E-state index contributed by atoms with van der Waals surface area (Å²) in [4.78, 5) is 15.1. The summed E-state index contributed by atoms with van der Waals surface area (Å²) in [5, 5.41) is 8.75. The average Bonchev–Trinajstić information content (AvgIpc) is 3.00.